The van der Waals surface area contributed by atoms with E-state index in [4.69, 9.17) is 4.74 Å². The van der Waals surface area contributed by atoms with Crippen molar-refractivity contribution in [3.63, 3.8) is 0 Å². The van der Waals surface area contributed by atoms with E-state index in [1.165, 1.54) is 23.9 Å². The molecule has 0 radical (unpaired) electrons. The summed E-state index contributed by atoms with van der Waals surface area (Å²) in [5.74, 6) is 1.09. The standard InChI is InChI=1S/C24H31FN2O3S/c1-4-5-14-26-24(29)18(2)27(15-19-6-10-21(25)11-7-19)23(28)17-31-16-20-8-12-22(30-3)13-9-20/h6-13,18H,4-5,14-17H2,1-3H3,(H,26,29). The molecule has 0 saturated carbocycles. The van der Waals surface area contributed by atoms with Crippen molar-refractivity contribution in [3.8, 4) is 5.75 Å². The molecule has 1 unspecified atom stereocenters. The first-order chi connectivity index (χ1) is 14.9. The Morgan fingerprint density at radius 1 is 1.10 bits per heavy atom. The first-order valence-corrected chi connectivity index (χ1v) is 11.6. The van der Waals surface area contributed by atoms with Crippen molar-refractivity contribution in [3.05, 3.63) is 65.5 Å². The van der Waals surface area contributed by atoms with Gasteiger partial charge in [-0.05, 0) is 48.7 Å². The summed E-state index contributed by atoms with van der Waals surface area (Å²) < 4.78 is 18.4. The molecule has 2 rings (SSSR count). The minimum Gasteiger partial charge on any atom is -0.497 e. The fraction of sp³-hybridized carbons (Fsp3) is 0.417. The van der Waals surface area contributed by atoms with Crippen LogP contribution in [0.25, 0.3) is 0 Å². The van der Waals surface area contributed by atoms with E-state index in [9.17, 15) is 14.0 Å². The van der Waals surface area contributed by atoms with E-state index >= 15 is 0 Å². The van der Waals surface area contributed by atoms with Crippen LogP contribution in [0.1, 0.15) is 37.8 Å². The number of carbonyl (C=O) groups is 2. The maximum absolute atomic E-state index is 13.3. The number of benzene rings is 2. The highest BCUT2D eigenvalue weighted by Crippen LogP contribution is 2.18. The highest BCUT2D eigenvalue weighted by molar-refractivity contribution is 7.99. The molecule has 0 aliphatic heterocycles. The molecule has 0 saturated heterocycles. The summed E-state index contributed by atoms with van der Waals surface area (Å²) in [4.78, 5) is 27.2. The zero-order chi connectivity index (χ0) is 22.6. The van der Waals surface area contributed by atoms with Gasteiger partial charge in [-0.2, -0.15) is 0 Å². The largest absolute Gasteiger partial charge is 0.497 e. The van der Waals surface area contributed by atoms with E-state index in [2.05, 4.69) is 12.2 Å². The molecular formula is C24H31FN2O3S. The van der Waals surface area contributed by atoms with Gasteiger partial charge in [0.25, 0.3) is 0 Å². The van der Waals surface area contributed by atoms with E-state index in [-0.39, 0.29) is 29.9 Å². The Morgan fingerprint density at radius 2 is 1.74 bits per heavy atom. The molecule has 5 nitrogen and oxygen atoms in total. The maximum Gasteiger partial charge on any atom is 0.242 e. The average molecular weight is 447 g/mol. The van der Waals surface area contributed by atoms with Gasteiger partial charge in [-0.1, -0.05) is 37.6 Å². The minimum atomic E-state index is -0.615. The zero-order valence-electron chi connectivity index (χ0n) is 18.4. The Bertz CT molecular complexity index is 828. The summed E-state index contributed by atoms with van der Waals surface area (Å²) in [6, 6.07) is 13.1. The number of ether oxygens (including phenoxy) is 1. The molecule has 0 spiro atoms. The van der Waals surface area contributed by atoms with Crippen LogP contribution in [0.2, 0.25) is 0 Å². The van der Waals surface area contributed by atoms with Gasteiger partial charge in [-0.3, -0.25) is 9.59 Å². The van der Waals surface area contributed by atoms with E-state index in [1.807, 2.05) is 24.3 Å². The fourth-order valence-corrected chi connectivity index (χ4v) is 3.84. The number of hydrogen-bond donors (Lipinski definition) is 1. The van der Waals surface area contributed by atoms with Crippen LogP contribution in [0.3, 0.4) is 0 Å². The third-order valence-electron chi connectivity index (χ3n) is 4.92. The first kappa shape index (κ1) is 24.7. The maximum atomic E-state index is 13.3. The topological polar surface area (TPSA) is 58.6 Å². The summed E-state index contributed by atoms with van der Waals surface area (Å²) in [5.41, 5.74) is 1.87. The second kappa shape index (κ2) is 13.0. The summed E-state index contributed by atoms with van der Waals surface area (Å²) in [5, 5.41) is 2.89. The fourth-order valence-electron chi connectivity index (χ4n) is 2.97. The lowest BCUT2D eigenvalue weighted by Crippen LogP contribution is -2.48. The predicted molar refractivity (Wildman–Crippen MR) is 123 cm³/mol. The average Bonchev–Trinajstić information content (AvgIpc) is 2.78. The van der Waals surface area contributed by atoms with Crippen LogP contribution in [0.15, 0.2) is 48.5 Å². The molecule has 0 aliphatic rings. The predicted octanol–water partition coefficient (Wildman–Crippen LogP) is 4.40. The minimum absolute atomic E-state index is 0.124. The molecule has 1 N–H and O–H groups in total. The molecule has 7 heteroatoms. The number of nitrogens with one attached hydrogen (secondary N) is 1. The van der Waals surface area contributed by atoms with E-state index in [0.717, 1.165) is 29.7 Å². The Hall–Kier alpha value is -2.54. The summed E-state index contributed by atoms with van der Waals surface area (Å²) in [6.45, 7) is 4.63. The normalized spacial score (nSPS) is 11.6. The molecule has 168 valence electrons. The van der Waals surface area contributed by atoms with Gasteiger partial charge in [0.15, 0.2) is 0 Å². The van der Waals surface area contributed by atoms with E-state index in [1.54, 1.807) is 31.1 Å². The van der Waals surface area contributed by atoms with Crippen LogP contribution >= 0.6 is 11.8 Å². The van der Waals surface area contributed by atoms with Gasteiger partial charge >= 0.3 is 0 Å². The molecule has 2 aromatic rings. The molecule has 0 fully saturated rings. The second-order valence-electron chi connectivity index (χ2n) is 7.31. The molecule has 0 bridgehead atoms. The highest BCUT2D eigenvalue weighted by atomic mass is 32.2. The summed E-state index contributed by atoms with van der Waals surface area (Å²) in [6.07, 6.45) is 1.87. The van der Waals surface area contributed by atoms with Crippen LogP contribution in [-0.2, 0) is 21.9 Å². The van der Waals surface area contributed by atoms with Gasteiger partial charge in [0, 0.05) is 18.8 Å². The third kappa shape index (κ3) is 8.25. The SMILES string of the molecule is CCCCNC(=O)C(C)N(Cc1ccc(F)cc1)C(=O)CSCc1ccc(OC)cc1. The van der Waals surface area contributed by atoms with Gasteiger partial charge in [-0.25, -0.2) is 4.39 Å². The number of carbonyl (C=O) groups excluding carboxylic acids is 2. The van der Waals surface area contributed by atoms with Gasteiger partial charge in [-0.15, -0.1) is 11.8 Å². The Labute approximate surface area is 188 Å². The quantitative estimate of drug-likeness (QED) is 0.491. The molecule has 0 aromatic heterocycles. The van der Waals surface area contributed by atoms with Gasteiger partial charge < -0.3 is 15.0 Å². The van der Waals surface area contributed by atoms with Crippen molar-refractivity contribution in [2.45, 2.75) is 45.0 Å². The van der Waals surface area contributed by atoms with E-state index in [0.29, 0.717) is 12.3 Å². The number of halogens is 1. The van der Waals surface area contributed by atoms with Crippen LogP contribution in [0.4, 0.5) is 4.39 Å². The van der Waals surface area contributed by atoms with Crippen molar-refractivity contribution in [2.75, 3.05) is 19.4 Å². The summed E-state index contributed by atoms with van der Waals surface area (Å²) >= 11 is 1.50. The first-order valence-electron chi connectivity index (χ1n) is 10.5. The number of methoxy groups -OCH3 is 1. The van der Waals surface area contributed by atoms with Crippen LogP contribution in [0.5, 0.6) is 5.75 Å². The van der Waals surface area contributed by atoms with Crippen molar-refractivity contribution in [1.82, 2.24) is 10.2 Å². The smallest absolute Gasteiger partial charge is 0.242 e. The molecule has 2 aromatic carbocycles. The number of amides is 2. The Morgan fingerprint density at radius 3 is 2.35 bits per heavy atom. The van der Waals surface area contributed by atoms with E-state index < -0.39 is 6.04 Å². The van der Waals surface area contributed by atoms with Crippen molar-refractivity contribution in [1.29, 1.82) is 0 Å². The zero-order valence-corrected chi connectivity index (χ0v) is 19.2. The number of nitrogens with zero attached hydrogens (tertiary/aromatic N) is 1. The highest BCUT2D eigenvalue weighted by Gasteiger charge is 2.25. The second-order valence-corrected chi connectivity index (χ2v) is 8.30. The van der Waals surface area contributed by atoms with Gasteiger partial charge in [0.05, 0.1) is 12.9 Å². The molecule has 0 aliphatic carbocycles. The van der Waals surface area contributed by atoms with Crippen molar-refractivity contribution in [2.24, 2.45) is 0 Å². The monoisotopic (exact) mass is 446 g/mol. The molecule has 2 amide bonds. The summed E-state index contributed by atoms with van der Waals surface area (Å²) in [7, 11) is 1.62. The number of unbranched alkanes of at least 4 members (excludes halogenated alkanes) is 1. The van der Waals surface area contributed by atoms with Crippen molar-refractivity contribution >= 4 is 23.6 Å². The van der Waals surface area contributed by atoms with Crippen LogP contribution in [0, 0.1) is 5.82 Å². The molecule has 31 heavy (non-hydrogen) atoms. The lowest BCUT2D eigenvalue weighted by Gasteiger charge is -2.28. The van der Waals surface area contributed by atoms with Gasteiger partial charge in [0.2, 0.25) is 11.8 Å². The number of rotatable bonds is 12. The lowest BCUT2D eigenvalue weighted by molar-refractivity contribution is -0.138. The van der Waals surface area contributed by atoms with Crippen LogP contribution in [-0.4, -0.2) is 42.2 Å². The van der Waals surface area contributed by atoms with Crippen molar-refractivity contribution < 1.29 is 18.7 Å². The molecular weight excluding hydrogens is 415 g/mol. The Balaban J connectivity index is 2.01. The lowest BCUT2D eigenvalue weighted by atomic mass is 10.1. The molecule has 1 atom stereocenters. The van der Waals surface area contributed by atoms with Gasteiger partial charge in [0.1, 0.15) is 17.6 Å². The Kier molecular flexibility index (Phi) is 10.4. The number of hydrogen-bond acceptors (Lipinski definition) is 4. The number of thioether (sulfide) groups is 1. The molecule has 0 heterocycles. The third-order valence-corrected chi connectivity index (χ3v) is 5.90. The van der Waals surface area contributed by atoms with Crippen LogP contribution < -0.4 is 10.1 Å².